The Bertz CT molecular complexity index is 556. The number of nitrogens with zero attached hydrogens (tertiary/aromatic N) is 1. The summed E-state index contributed by atoms with van der Waals surface area (Å²) in [6.07, 6.45) is 3.20. The lowest BCUT2D eigenvalue weighted by Gasteiger charge is -2.09. The number of nitriles is 1. The number of hydrogen-bond donors (Lipinski definition) is 1. The zero-order valence-electron chi connectivity index (χ0n) is 9.33. The van der Waals surface area contributed by atoms with Crippen molar-refractivity contribution in [1.82, 2.24) is 0 Å². The van der Waals surface area contributed by atoms with Crippen LogP contribution in [0.4, 0.5) is 10.1 Å². The minimum absolute atomic E-state index is 0.308. The van der Waals surface area contributed by atoms with E-state index in [-0.39, 0.29) is 5.82 Å². The second-order valence-electron chi connectivity index (χ2n) is 3.73. The number of furan rings is 1. The van der Waals surface area contributed by atoms with E-state index in [1.54, 1.807) is 25.5 Å². The molecule has 0 saturated carbocycles. The number of anilines is 1. The van der Waals surface area contributed by atoms with E-state index in [9.17, 15) is 4.39 Å². The van der Waals surface area contributed by atoms with Gasteiger partial charge in [-0.1, -0.05) is 0 Å². The first-order valence-corrected chi connectivity index (χ1v) is 5.16. The fourth-order valence-corrected chi connectivity index (χ4v) is 1.52. The maximum atomic E-state index is 13.5. The van der Waals surface area contributed by atoms with Gasteiger partial charge in [0.25, 0.3) is 0 Å². The van der Waals surface area contributed by atoms with E-state index in [4.69, 9.17) is 9.68 Å². The summed E-state index contributed by atoms with van der Waals surface area (Å²) >= 11 is 0. The van der Waals surface area contributed by atoms with Crippen LogP contribution in [0.1, 0.15) is 16.7 Å². The van der Waals surface area contributed by atoms with Gasteiger partial charge in [-0.25, -0.2) is 4.39 Å². The zero-order valence-corrected chi connectivity index (χ0v) is 9.33. The highest BCUT2D eigenvalue weighted by molar-refractivity contribution is 5.56. The highest BCUT2D eigenvalue weighted by Crippen LogP contribution is 2.21. The monoisotopic (exact) mass is 230 g/mol. The molecule has 4 heteroatoms. The summed E-state index contributed by atoms with van der Waals surface area (Å²) in [5.74, 6) is -0.376. The summed E-state index contributed by atoms with van der Waals surface area (Å²) in [7, 11) is 0. The van der Waals surface area contributed by atoms with Gasteiger partial charge in [0.05, 0.1) is 24.2 Å². The van der Waals surface area contributed by atoms with E-state index in [0.29, 0.717) is 23.4 Å². The average molecular weight is 230 g/mol. The molecule has 0 unspecified atom stereocenters. The molecule has 1 N–H and O–H groups in total. The average Bonchev–Trinajstić information content (AvgIpc) is 2.84. The Morgan fingerprint density at radius 1 is 1.47 bits per heavy atom. The van der Waals surface area contributed by atoms with Crippen LogP contribution in [-0.4, -0.2) is 0 Å². The third-order valence-corrected chi connectivity index (χ3v) is 2.54. The Balaban J connectivity index is 2.20. The van der Waals surface area contributed by atoms with Crippen LogP contribution in [0.2, 0.25) is 0 Å². The van der Waals surface area contributed by atoms with Crippen LogP contribution in [0.25, 0.3) is 0 Å². The number of nitrogens with one attached hydrogen (secondary N) is 1. The van der Waals surface area contributed by atoms with Gasteiger partial charge in [-0.15, -0.1) is 0 Å². The van der Waals surface area contributed by atoms with Gasteiger partial charge in [-0.3, -0.25) is 0 Å². The quantitative estimate of drug-likeness (QED) is 0.880. The van der Waals surface area contributed by atoms with Crippen molar-refractivity contribution in [2.24, 2.45) is 0 Å². The Morgan fingerprint density at radius 2 is 2.29 bits per heavy atom. The molecule has 0 radical (unpaired) electrons. The second kappa shape index (κ2) is 4.71. The molecule has 1 aromatic heterocycles. The molecular formula is C13H11FN2O. The lowest BCUT2D eigenvalue weighted by molar-refractivity contribution is 0.564. The lowest BCUT2D eigenvalue weighted by Crippen LogP contribution is -2.02. The predicted octanol–water partition coefficient (Wildman–Crippen LogP) is 3.21. The van der Waals surface area contributed by atoms with Crippen LogP contribution < -0.4 is 5.32 Å². The van der Waals surface area contributed by atoms with Crippen LogP contribution in [0.3, 0.4) is 0 Å². The van der Waals surface area contributed by atoms with Gasteiger partial charge in [0.15, 0.2) is 0 Å². The molecule has 0 amide bonds. The van der Waals surface area contributed by atoms with Crippen LogP contribution in [0, 0.1) is 24.1 Å². The van der Waals surface area contributed by atoms with Crippen molar-refractivity contribution in [3.63, 3.8) is 0 Å². The molecule has 0 aliphatic heterocycles. The Kier molecular flexibility index (Phi) is 3.10. The van der Waals surface area contributed by atoms with Gasteiger partial charge in [0.1, 0.15) is 5.82 Å². The molecule has 0 aliphatic rings. The summed E-state index contributed by atoms with van der Waals surface area (Å²) in [5, 5.41) is 11.8. The molecule has 0 atom stereocenters. The highest BCUT2D eigenvalue weighted by Gasteiger charge is 2.07. The van der Waals surface area contributed by atoms with E-state index in [0.717, 1.165) is 5.56 Å². The Morgan fingerprint density at radius 3 is 2.94 bits per heavy atom. The minimum Gasteiger partial charge on any atom is -0.472 e. The molecular weight excluding hydrogens is 219 g/mol. The number of rotatable bonds is 3. The first-order chi connectivity index (χ1) is 8.20. The van der Waals surface area contributed by atoms with Crippen LogP contribution in [0.15, 0.2) is 35.1 Å². The number of benzene rings is 1. The van der Waals surface area contributed by atoms with Crippen molar-refractivity contribution < 1.29 is 8.81 Å². The maximum absolute atomic E-state index is 13.5. The summed E-state index contributed by atoms with van der Waals surface area (Å²) < 4.78 is 18.4. The Hall–Kier alpha value is -2.28. The topological polar surface area (TPSA) is 49.0 Å². The first-order valence-electron chi connectivity index (χ1n) is 5.16. The smallest absolute Gasteiger partial charge is 0.129 e. The van der Waals surface area contributed by atoms with Gasteiger partial charge >= 0.3 is 0 Å². The molecule has 2 aromatic rings. The van der Waals surface area contributed by atoms with Crippen molar-refractivity contribution >= 4 is 5.69 Å². The molecule has 17 heavy (non-hydrogen) atoms. The molecule has 2 rings (SSSR count). The molecule has 0 spiro atoms. The van der Waals surface area contributed by atoms with Crippen LogP contribution >= 0.6 is 0 Å². The molecule has 1 heterocycles. The van der Waals surface area contributed by atoms with Gasteiger partial charge in [0.2, 0.25) is 0 Å². The lowest BCUT2D eigenvalue weighted by atomic mass is 10.1. The van der Waals surface area contributed by atoms with E-state index in [2.05, 4.69) is 5.32 Å². The summed E-state index contributed by atoms with van der Waals surface area (Å²) in [4.78, 5) is 0. The Labute approximate surface area is 98.5 Å². The van der Waals surface area contributed by atoms with E-state index < -0.39 is 0 Å². The van der Waals surface area contributed by atoms with Crippen molar-refractivity contribution in [2.75, 3.05) is 5.32 Å². The number of halogens is 1. The molecule has 1 aromatic carbocycles. The third-order valence-electron chi connectivity index (χ3n) is 2.54. The molecule has 3 nitrogen and oxygen atoms in total. The van der Waals surface area contributed by atoms with Gasteiger partial charge in [-0.2, -0.15) is 5.26 Å². The second-order valence-corrected chi connectivity index (χ2v) is 3.73. The maximum Gasteiger partial charge on any atom is 0.129 e. The largest absolute Gasteiger partial charge is 0.472 e. The van der Waals surface area contributed by atoms with Gasteiger partial charge in [-0.05, 0) is 25.1 Å². The normalized spacial score (nSPS) is 9.94. The molecule has 0 aliphatic carbocycles. The first kappa shape index (κ1) is 11.2. The SMILES string of the molecule is Cc1c(F)cc(C#N)cc1NCc1ccoc1. The van der Waals surface area contributed by atoms with E-state index in [1.807, 2.05) is 12.1 Å². The summed E-state index contributed by atoms with van der Waals surface area (Å²) in [6, 6.07) is 6.63. The summed E-state index contributed by atoms with van der Waals surface area (Å²) in [5.41, 5.74) is 2.41. The van der Waals surface area contributed by atoms with Crippen molar-refractivity contribution in [3.8, 4) is 6.07 Å². The van der Waals surface area contributed by atoms with E-state index >= 15 is 0 Å². The van der Waals surface area contributed by atoms with Gasteiger partial charge in [0, 0.05) is 23.4 Å². The van der Waals surface area contributed by atoms with Crippen LogP contribution in [-0.2, 0) is 6.54 Å². The molecule has 0 fully saturated rings. The zero-order chi connectivity index (χ0) is 12.3. The van der Waals surface area contributed by atoms with Crippen molar-refractivity contribution in [1.29, 1.82) is 5.26 Å². The van der Waals surface area contributed by atoms with Gasteiger partial charge < -0.3 is 9.73 Å². The summed E-state index contributed by atoms with van der Waals surface area (Å²) in [6.45, 7) is 2.21. The minimum atomic E-state index is -0.376. The van der Waals surface area contributed by atoms with Crippen LogP contribution in [0.5, 0.6) is 0 Å². The molecule has 86 valence electrons. The highest BCUT2D eigenvalue weighted by atomic mass is 19.1. The van der Waals surface area contributed by atoms with E-state index in [1.165, 1.54) is 6.07 Å². The molecule has 0 bridgehead atoms. The predicted molar refractivity (Wildman–Crippen MR) is 61.9 cm³/mol. The number of hydrogen-bond acceptors (Lipinski definition) is 3. The van der Waals surface area contributed by atoms with Crippen molar-refractivity contribution in [3.05, 3.63) is 53.2 Å². The standard InChI is InChI=1S/C13H11FN2O/c1-9-12(14)4-11(6-15)5-13(9)16-7-10-2-3-17-8-10/h2-5,8,16H,7H2,1H3. The molecule has 0 saturated heterocycles. The third kappa shape index (κ3) is 2.45. The fourth-order valence-electron chi connectivity index (χ4n) is 1.52. The fraction of sp³-hybridized carbons (Fsp3) is 0.154. The van der Waals surface area contributed by atoms with Crippen molar-refractivity contribution in [2.45, 2.75) is 13.5 Å².